The maximum absolute atomic E-state index is 11.9. The number of aryl methyl sites for hydroxylation is 1. The van der Waals surface area contributed by atoms with Crippen molar-refractivity contribution in [3.05, 3.63) is 16.9 Å². The number of nitrogens with one attached hydrogen (secondary N) is 2. The average molecular weight is 260 g/mol. The Kier molecular flexibility index (Phi) is 3.33. The maximum Gasteiger partial charge on any atom is 0.274 e. The van der Waals surface area contributed by atoms with Gasteiger partial charge in [0.15, 0.2) is 0 Å². The van der Waals surface area contributed by atoms with Gasteiger partial charge in [-0.2, -0.15) is 10.4 Å². The molecule has 0 aliphatic carbocycles. The maximum atomic E-state index is 11.9. The van der Waals surface area contributed by atoms with Crippen LogP contribution in [0.25, 0.3) is 0 Å². The molecule has 19 heavy (non-hydrogen) atoms. The highest BCUT2D eigenvalue weighted by Crippen LogP contribution is 2.25. The number of carbonyl (C=O) groups is 2. The van der Waals surface area contributed by atoms with Crippen LogP contribution in [0.15, 0.2) is 9.52 Å². The van der Waals surface area contributed by atoms with Crippen LogP contribution in [0.3, 0.4) is 0 Å². The summed E-state index contributed by atoms with van der Waals surface area (Å²) in [7, 11) is 0. The van der Waals surface area contributed by atoms with Gasteiger partial charge >= 0.3 is 0 Å². The molecular formula is C12H12N4O3. The van der Waals surface area contributed by atoms with Gasteiger partial charge in [-0.05, 0) is 13.8 Å². The standard InChI is InChI=1S/C12H12N4O3/c1-6-7(2)19-12(8(6)5-13)14-11(18)9-3-4-10(17)16-15-9/h3-4H2,1-2H3,(H,14,18)(H,16,17). The lowest BCUT2D eigenvalue weighted by Crippen LogP contribution is -2.32. The van der Waals surface area contributed by atoms with Crippen LogP contribution in [0.1, 0.15) is 29.7 Å². The van der Waals surface area contributed by atoms with Crippen molar-refractivity contribution in [2.24, 2.45) is 5.10 Å². The second kappa shape index (κ2) is 4.94. The molecule has 2 N–H and O–H groups in total. The summed E-state index contributed by atoms with van der Waals surface area (Å²) in [5.74, 6) is -0.0166. The van der Waals surface area contributed by atoms with Gasteiger partial charge in [0.05, 0.1) is 0 Å². The highest BCUT2D eigenvalue weighted by Gasteiger charge is 2.22. The molecule has 0 fully saturated rings. The van der Waals surface area contributed by atoms with Gasteiger partial charge in [0.2, 0.25) is 11.8 Å². The molecule has 7 nitrogen and oxygen atoms in total. The molecule has 0 saturated heterocycles. The van der Waals surface area contributed by atoms with E-state index in [9.17, 15) is 9.59 Å². The van der Waals surface area contributed by atoms with Gasteiger partial charge in [0.25, 0.3) is 5.91 Å². The van der Waals surface area contributed by atoms with E-state index >= 15 is 0 Å². The number of hydrogen-bond donors (Lipinski definition) is 2. The molecule has 0 radical (unpaired) electrons. The second-order valence-electron chi connectivity index (χ2n) is 4.15. The SMILES string of the molecule is Cc1oc(NC(=O)C2=NNC(=O)CC2)c(C#N)c1C. The third-order valence-electron chi connectivity index (χ3n) is 2.89. The van der Waals surface area contributed by atoms with Crippen LogP contribution in [-0.2, 0) is 9.59 Å². The molecule has 1 aliphatic heterocycles. The van der Waals surface area contributed by atoms with E-state index < -0.39 is 5.91 Å². The zero-order valence-corrected chi connectivity index (χ0v) is 10.5. The van der Waals surface area contributed by atoms with Gasteiger partial charge in [-0.1, -0.05) is 0 Å². The molecule has 0 unspecified atom stereocenters. The molecule has 1 aromatic rings. The monoisotopic (exact) mass is 260 g/mol. The van der Waals surface area contributed by atoms with Crippen molar-refractivity contribution < 1.29 is 14.0 Å². The van der Waals surface area contributed by atoms with Crippen molar-refractivity contribution in [2.75, 3.05) is 5.32 Å². The topological polar surface area (TPSA) is 107 Å². The Morgan fingerprint density at radius 1 is 1.47 bits per heavy atom. The Balaban J connectivity index is 2.18. The van der Waals surface area contributed by atoms with Gasteiger partial charge in [-0.25, -0.2) is 5.43 Å². The number of nitriles is 1. The molecule has 0 atom stereocenters. The molecular weight excluding hydrogens is 248 g/mol. The first-order valence-electron chi connectivity index (χ1n) is 5.69. The van der Waals surface area contributed by atoms with Gasteiger partial charge < -0.3 is 4.42 Å². The third kappa shape index (κ3) is 2.47. The predicted octanol–water partition coefficient (Wildman–Crippen LogP) is 0.973. The lowest BCUT2D eigenvalue weighted by molar-refractivity contribution is -0.121. The summed E-state index contributed by atoms with van der Waals surface area (Å²) in [6.07, 6.45) is 0.478. The van der Waals surface area contributed by atoms with Crippen molar-refractivity contribution in [1.82, 2.24) is 5.43 Å². The average Bonchev–Trinajstić information content (AvgIpc) is 2.65. The molecule has 2 amide bonds. The zero-order chi connectivity index (χ0) is 14.0. The summed E-state index contributed by atoms with van der Waals surface area (Å²) in [5, 5.41) is 15.2. The second-order valence-corrected chi connectivity index (χ2v) is 4.15. The van der Waals surface area contributed by atoms with E-state index in [1.165, 1.54) is 0 Å². The molecule has 2 rings (SSSR count). The van der Waals surface area contributed by atoms with E-state index in [1.807, 2.05) is 6.07 Å². The molecule has 7 heteroatoms. The molecule has 0 aromatic carbocycles. The molecule has 0 bridgehead atoms. The Hall–Kier alpha value is -2.62. The van der Waals surface area contributed by atoms with Crippen LogP contribution in [0.2, 0.25) is 0 Å². The lowest BCUT2D eigenvalue weighted by Gasteiger charge is -2.10. The summed E-state index contributed by atoms with van der Waals surface area (Å²) in [4.78, 5) is 22.8. The van der Waals surface area contributed by atoms with E-state index in [0.717, 1.165) is 0 Å². The van der Waals surface area contributed by atoms with Gasteiger partial charge in [-0.3, -0.25) is 14.9 Å². The summed E-state index contributed by atoms with van der Waals surface area (Å²) >= 11 is 0. The van der Waals surface area contributed by atoms with Crippen LogP contribution >= 0.6 is 0 Å². The van der Waals surface area contributed by atoms with Crippen LogP contribution in [0.4, 0.5) is 5.88 Å². The van der Waals surface area contributed by atoms with Gasteiger partial charge in [-0.15, -0.1) is 0 Å². The van der Waals surface area contributed by atoms with Crippen molar-refractivity contribution in [3.8, 4) is 6.07 Å². The normalized spacial score (nSPS) is 14.4. The highest BCUT2D eigenvalue weighted by molar-refractivity contribution is 6.43. The molecule has 1 aliphatic rings. The van der Waals surface area contributed by atoms with Gasteiger partial charge in [0, 0.05) is 18.4 Å². The van der Waals surface area contributed by atoms with Crippen molar-refractivity contribution >= 4 is 23.4 Å². The fourth-order valence-electron chi connectivity index (χ4n) is 1.66. The Labute approximate surface area is 109 Å². The van der Waals surface area contributed by atoms with Crippen LogP contribution in [0.5, 0.6) is 0 Å². The fraction of sp³-hybridized carbons (Fsp3) is 0.333. The van der Waals surface area contributed by atoms with Crippen molar-refractivity contribution in [3.63, 3.8) is 0 Å². The number of hydrogen-bond acceptors (Lipinski definition) is 5. The smallest absolute Gasteiger partial charge is 0.274 e. The minimum Gasteiger partial charge on any atom is -0.444 e. The largest absolute Gasteiger partial charge is 0.444 e. The Bertz CT molecular complexity index is 622. The third-order valence-corrected chi connectivity index (χ3v) is 2.89. The van der Waals surface area contributed by atoms with Crippen molar-refractivity contribution in [1.29, 1.82) is 5.26 Å². The summed E-state index contributed by atoms with van der Waals surface area (Å²) < 4.78 is 5.32. The first kappa shape index (κ1) is 12.8. The van der Waals surface area contributed by atoms with Crippen LogP contribution in [-0.4, -0.2) is 17.5 Å². The summed E-state index contributed by atoms with van der Waals surface area (Å²) in [5.41, 5.74) is 3.43. The van der Waals surface area contributed by atoms with Gasteiger partial charge in [0.1, 0.15) is 23.1 Å². The van der Waals surface area contributed by atoms with Crippen LogP contribution < -0.4 is 10.7 Å². The number of furan rings is 1. The molecule has 0 spiro atoms. The molecule has 0 saturated carbocycles. The van der Waals surface area contributed by atoms with E-state index in [-0.39, 0.29) is 30.3 Å². The van der Waals surface area contributed by atoms with Crippen molar-refractivity contribution in [2.45, 2.75) is 26.7 Å². The predicted molar refractivity (Wildman–Crippen MR) is 66.3 cm³/mol. The number of amides is 2. The zero-order valence-electron chi connectivity index (χ0n) is 10.5. The number of hydrazone groups is 1. The van der Waals surface area contributed by atoms with E-state index in [0.29, 0.717) is 16.9 Å². The molecule has 2 heterocycles. The first-order chi connectivity index (χ1) is 9.02. The number of carbonyl (C=O) groups excluding carboxylic acids is 2. The van der Waals surface area contributed by atoms with E-state index in [1.54, 1.807) is 13.8 Å². The van der Waals surface area contributed by atoms with Crippen LogP contribution in [0, 0.1) is 25.2 Å². The number of anilines is 1. The first-order valence-corrected chi connectivity index (χ1v) is 5.69. The Morgan fingerprint density at radius 3 is 2.79 bits per heavy atom. The quantitative estimate of drug-likeness (QED) is 0.825. The number of rotatable bonds is 2. The Morgan fingerprint density at radius 2 is 2.21 bits per heavy atom. The summed E-state index contributed by atoms with van der Waals surface area (Å²) in [6.45, 7) is 3.45. The molecule has 98 valence electrons. The minimum absolute atomic E-state index is 0.113. The number of nitrogens with zero attached hydrogens (tertiary/aromatic N) is 2. The highest BCUT2D eigenvalue weighted by atomic mass is 16.4. The van der Waals surface area contributed by atoms with E-state index in [4.69, 9.17) is 9.68 Å². The minimum atomic E-state index is -0.481. The van der Waals surface area contributed by atoms with E-state index in [2.05, 4.69) is 15.8 Å². The lowest BCUT2D eigenvalue weighted by atomic mass is 10.1. The fourth-order valence-corrected chi connectivity index (χ4v) is 1.66. The molecule has 1 aromatic heterocycles. The summed E-state index contributed by atoms with van der Waals surface area (Å²) in [6, 6.07) is 1.98.